The fourth-order valence-corrected chi connectivity index (χ4v) is 2.59. The van der Waals surface area contributed by atoms with E-state index in [1.807, 2.05) is 19.3 Å². The first-order valence-corrected chi connectivity index (χ1v) is 8.42. The van der Waals surface area contributed by atoms with E-state index in [0.717, 1.165) is 7.11 Å². The molecule has 1 fully saturated rings. The summed E-state index contributed by atoms with van der Waals surface area (Å²) in [5.74, 6) is -0.0535. The second kappa shape index (κ2) is 10.9. The van der Waals surface area contributed by atoms with E-state index >= 15 is 0 Å². The molecule has 26 heavy (non-hydrogen) atoms. The average molecular weight is 372 g/mol. The maximum atomic E-state index is 11.9. The van der Waals surface area contributed by atoms with Crippen molar-refractivity contribution in [3.05, 3.63) is 22.7 Å². The molecule has 1 aromatic heterocycles. The molecule has 10 nitrogen and oxygen atoms in total. The van der Waals surface area contributed by atoms with Crippen molar-refractivity contribution < 1.29 is 24.6 Å². The SMILES string of the molecule is CC(C)CC(N)C(=O)OCC1CCC(n2ccc(NO)nc2=O)O1.CO. The number of nitrogens with zero attached hydrogens (tertiary/aromatic N) is 2. The van der Waals surface area contributed by atoms with E-state index in [1.54, 1.807) is 0 Å². The number of nitrogens with two attached hydrogens (primary N) is 1. The van der Waals surface area contributed by atoms with Crippen LogP contribution in [0.3, 0.4) is 0 Å². The molecule has 1 aliphatic rings. The highest BCUT2D eigenvalue weighted by Crippen LogP contribution is 2.27. The van der Waals surface area contributed by atoms with Crippen LogP contribution in [0.1, 0.15) is 39.3 Å². The van der Waals surface area contributed by atoms with Gasteiger partial charge in [-0.15, -0.1) is 0 Å². The molecular formula is C16H28N4O6. The Labute approximate surface area is 151 Å². The first kappa shape index (κ1) is 22.0. The van der Waals surface area contributed by atoms with Gasteiger partial charge in [-0.2, -0.15) is 4.98 Å². The smallest absolute Gasteiger partial charge is 0.351 e. The quantitative estimate of drug-likeness (QED) is 0.390. The third-order valence-corrected chi connectivity index (χ3v) is 3.78. The summed E-state index contributed by atoms with van der Waals surface area (Å²) in [6.07, 6.45) is 2.57. The normalized spacial score (nSPS) is 20.3. The average Bonchev–Trinajstić information content (AvgIpc) is 3.09. The van der Waals surface area contributed by atoms with Gasteiger partial charge in [0.05, 0.1) is 6.10 Å². The van der Waals surface area contributed by atoms with Gasteiger partial charge in [0.15, 0.2) is 5.82 Å². The van der Waals surface area contributed by atoms with Crippen LogP contribution in [0.4, 0.5) is 5.82 Å². The number of aromatic nitrogens is 2. The van der Waals surface area contributed by atoms with E-state index in [2.05, 4.69) is 4.98 Å². The molecule has 0 bridgehead atoms. The molecule has 3 atom stereocenters. The topological polar surface area (TPSA) is 149 Å². The first-order chi connectivity index (χ1) is 12.4. The standard InChI is InChI=1S/C15H24N4O5.CH4O/c1-9(2)7-11(16)14(20)23-8-10-3-4-13(24-10)19-6-5-12(18-22)17-15(19)21;1-2/h5-6,9-11,13,22H,3-4,7-8,16H2,1-2H3,(H,17,18,21);2H,1H3. The number of hydrogen-bond acceptors (Lipinski definition) is 9. The van der Waals surface area contributed by atoms with E-state index < -0.39 is 23.9 Å². The highest BCUT2D eigenvalue weighted by Gasteiger charge is 2.29. The number of carbonyl (C=O) groups is 1. The number of carbonyl (C=O) groups excluding carboxylic acids is 1. The van der Waals surface area contributed by atoms with E-state index in [-0.39, 0.29) is 18.5 Å². The molecule has 0 saturated carbocycles. The van der Waals surface area contributed by atoms with E-state index in [1.165, 1.54) is 16.8 Å². The molecule has 0 aromatic carbocycles. The lowest BCUT2D eigenvalue weighted by atomic mass is 10.1. The Balaban J connectivity index is 0.00000163. The van der Waals surface area contributed by atoms with Crippen LogP contribution < -0.4 is 16.9 Å². The van der Waals surface area contributed by atoms with Crippen LogP contribution in [0.25, 0.3) is 0 Å². The predicted octanol–water partition coefficient (Wildman–Crippen LogP) is 0.247. The Hall–Kier alpha value is -2.01. The molecular weight excluding hydrogens is 344 g/mol. The Bertz CT molecular complexity index is 621. The number of ether oxygens (including phenoxy) is 2. The number of esters is 1. The van der Waals surface area contributed by atoms with E-state index in [9.17, 15) is 9.59 Å². The zero-order valence-electron chi connectivity index (χ0n) is 15.3. The summed E-state index contributed by atoms with van der Waals surface area (Å²) in [7, 11) is 1.00. The molecule has 10 heteroatoms. The van der Waals surface area contributed by atoms with E-state index in [4.69, 9.17) is 25.5 Å². The predicted molar refractivity (Wildman–Crippen MR) is 93.6 cm³/mol. The summed E-state index contributed by atoms with van der Waals surface area (Å²) in [6.45, 7) is 4.09. The molecule has 2 heterocycles. The van der Waals surface area contributed by atoms with Crippen LogP contribution >= 0.6 is 0 Å². The summed E-state index contributed by atoms with van der Waals surface area (Å²) in [5.41, 5.74) is 7.06. The molecule has 1 aliphatic heterocycles. The molecule has 148 valence electrons. The van der Waals surface area contributed by atoms with Crippen molar-refractivity contribution in [2.75, 3.05) is 19.2 Å². The third-order valence-electron chi connectivity index (χ3n) is 3.78. The molecule has 3 unspecified atom stereocenters. The van der Waals surface area contributed by atoms with Crippen LogP contribution in [-0.2, 0) is 14.3 Å². The summed E-state index contributed by atoms with van der Waals surface area (Å²) in [5, 5.41) is 15.7. The van der Waals surface area contributed by atoms with Crippen molar-refractivity contribution in [2.24, 2.45) is 11.7 Å². The van der Waals surface area contributed by atoms with E-state index in [0.29, 0.717) is 25.2 Å². The van der Waals surface area contributed by atoms with Crippen molar-refractivity contribution >= 4 is 11.8 Å². The molecule has 0 aliphatic carbocycles. The fourth-order valence-electron chi connectivity index (χ4n) is 2.59. The number of nitrogens with one attached hydrogen (secondary N) is 1. The van der Waals surface area contributed by atoms with Crippen molar-refractivity contribution in [2.45, 2.75) is 51.5 Å². The molecule has 0 spiro atoms. The number of hydrogen-bond donors (Lipinski definition) is 4. The first-order valence-electron chi connectivity index (χ1n) is 8.42. The van der Waals surface area contributed by atoms with Crippen LogP contribution in [0.2, 0.25) is 0 Å². The zero-order chi connectivity index (χ0) is 19.7. The van der Waals surface area contributed by atoms with Gasteiger partial charge in [-0.3, -0.25) is 20.0 Å². The molecule has 2 rings (SSSR count). The summed E-state index contributed by atoms with van der Waals surface area (Å²) in [4.78, 5) is 27.3. The summed E-state index contributed by atoms with van der Waals surface area (Å²) in [6, 6.07) is 0.829. The lowest BCUT2D eigenvalue weighted by molar-refractivity contribution is -0.150. The van der Waals surface area contributed by atoms with Crippen molar-refractivity contribution in [1.29, 1.82) is 0 Å². The van der Waals surface area contributed by atoms with Gasteiger partial charge in [-0.1, -0.05) is 13.8 Å². The number of anilines is 1. The van der Waals surface area contributed by atoms with Gasteiger partial charge in [-0.05, 0) is 31.2 Å². The lowest BCUT2D eigenvalue weighted by Gasteiger charge is -2.17. The molecule has 1 saturated heterocycles. The number of aliphatic hydroxyl groups excluding tert-OH is 1. The Morgan fingerprint density at radius 3 is 2.77 bits per heavy atom. The molecule has 5 N–H and O–H groups in total. The summed E-state index contributed by atoms with van der Waals surface area (Å²) >= 11 is 0. The third kappa shape index (κ3) is 6.37. The Morgan fingerprint density at radius 1 is 1.50 bits per heavy atom. The number of rotatable bonds is 7. The van der Waals surface area contributed by atoms with Gasteiger partial charge >= 0.3 is 11.7 Å². The minimum atomic E-state index is -0.632. The molecule has 0 radical (unpaired) electrons. The maximum Gasteiger partial charge on any atom is 0.351 e. The van der Waals surface area contributed by atoms with Gasteiger partial charge in [0, 0.05) is 13.3 Å². The Morgan fingerprint density at radius 2 is 2.19 bits per heavy atom. The molecule has 0 amide bonds. The van der Waals surface area contributed by atoms with Gasteiger partial charge < -0.3 is 20.3 Å². The second-order valence-electron chi connectivity index (χ2n) is 6.27. The second-order valence-corrected chi connectivity index (χ2v) is 6.27. The van der Waals surface area contributed by atoms with Crippen LogP contribution in [-0.4, -0.2) is 51.7 Å². The summed E-state index contributed by atoms with van der Waals surface area (Å²) < 4.78 is 12.3. The van der Waals surface area contributed by atoms with Gasteiger partial charge in [0.25, 0.3) is 0 Å². The molecule has 1 aromatic rings. The lowest BCUT2D eigenvalue weighted by Crippen LogP contribution is -2.35. The van der Waals surface area contributed by atoms with Crippen molar-refractivity contribution in [1.82, 2.24) is 9.55 Å². The van der Waals surface area contributed by atoms with Gasteiger partial charge in [0.1, 0.15) is 18.9 Å². The largest absolute Gasteiger partial charge is 0.462 e. The highest BCUT2D eigenvalue weighted by atomic mass is 16.6. The maximum absolute atomic E-state index is 11.9. The monoisotopic (exact) mass is 372 g/mol. The van der Waals surface area contributed by atoms with Crippen LogP contribution in [0.5, 0.6) is 0 Å². The van der Waals surface area contributed by atoms with Gasteiger partial charge in [0.2, 0.25) is 0 Å². The minimum absolute atomic E-state index is 0.0684. The highest BCUT2D eigenvalue weighted by molar-refractivity contribution is 5.75. The number of aliphatic hydroxyl groups is 1. The zero-order valence-corrected chi connectivity index (χ0v) is 15.3. The van der Waals surface area contributed by atoms with Crippen molar-refractivity contribution in [3.8, 4) is 0 Å². The van der Waals surface area contributed by atoms with Gasteiger partial charge in [-0.25, -0.2) is 4.79 Å². The Kier molecular flexibility index (Phi) is 9.21. The van der Waals surface area contributed by atoms with Crippen LogP contribution in [0, 0.1) is 5.92 Å². The van der Waals surface area contributed by atoms with Crippen molar-refractivity contribution in [3.63, 3.8) is 0 Å². The minimum Gasteiger partial charge on any atom is -0.462 e. The fraction of sp³-hybridized carbons (Fsp3) is 0.688. The van der Waals surface area contributed by atoms with Crippen LogP contribution in [0.15, 0.2) is 17.1 Å².